The molecule has 2 fully saturated rings. The number of hydrogen-bond donors (Lipinski definition) is 3. The average molecular weight is 500 g/mol. The molecule has 3 aromatic heterocycles. The molecule has 0 radical (unpaired) electrons. The van der Waals surface area contributed by atoms with E-state index >= 15 is 0 Å². The van der Waals surface area contributed by atoms with Gasteiger partial charge in [-0.2, -0.15) is 0 Å². The fraction of sp³-hybridized carbons (Fsp3) is 0.357. The first-order chi connectivity index (χ1) is 18.1. The number of nitrogens with one attached hydrogen (secondary N) is 3. The lowest BCUT2D eigenvalue weighted by Crippen LogP contribution is -2.47. The summed E-state index contributed by atoms with van der Waals surface area (Å²) in [6.07, 6.45) is 8.98. The molecule has 2 amide bonds. The maximum absolute atomic E-state index is 14.0. The molecule has 1 aromatic carbocycles. The summed E-state index contributed by atoms with van der Waals surface area (Å²) in [6.45, 7) is 1.69. The number of urea groups is 1. The summed E-state index contributed by atoms with van der Waals surface area (Å²) in [4.78, 5) is 31.5. The Hall–Kier alpha value is -4.01. The maximum atomic E-state index is 14.0. The van der Waals surface area contributed by atoms with Crippen LogP contribution in [0.5, 0.6) is 0 Å². The second-order valence-electron chi connectivity index (χ2n) is 9.93. The summed E-state index contributed by atoms with van der Waals surface area (Å²) in [5.74, 6) is 0.798. The number of rotatable bonds is 5. The summed E-state index contributed by atoms with van der Waals surface area (Å²) in [6, 6.07) is 13.7. The molecule has 3 N–H and O–H groups in total. The standard InChI is InChI=1S/C28H30FN7O/c29-19-13-22-23(17-31-26(22)30-16-19)27-34-24(18-7-2-1-3-8-18)15-25(35-27)32-20-9-6-10-21(14-20)33-28(37)36-11-4-5-12-36/h1-3,7-8,13,15-17,20-21H,4-6,9-12,14H2,(H,30,31)(H,33,37)(H,32,34,35)/t20-,21+/m1/s1. The van der Waals surface area contributed by atoms with Crippen LogP contribution in [0, 0.1) is 5.82 Å². The van der Waals surface area contributed by atoms with Crippen LogP contribution in [0.1, 0.15) is 38.5 Å². The van der Waals surface area contributed by atoms with Gasteiger partial charge in [0.1, 0.15) is 17.3 Å². The first kappa shape index (κ1) is 23.4. The number of aromatic nitrogens is 4. The van der Waals surface area contributed by atoms with Gasteiger partial charge in [0.05, 0.1) is 11.9 Å². The summed E-state index contributed by atoms with van der Waals surface area (Å²) in [5, 5.41) is 7.49. The van der Waals surface area contributed by atoms with Crippen molar-refractivity contribution in [3.05, 3.63) is 60.7 Å². The Morgan fingerprint density at radius 3 is 2.68 bits per heavy atom. The van der Waals surface area contributed by atoms with E-state index in [-0.39, 0.29) is 18.1 Å². The number of carbonyl (C=O) groups is 1. The fourth-order valence-corrected chi connectivity index (χ4v) is 5.41. The normalized spacial score (nSPS) is 19.8. The Morgan fingerprint density at radius 1 is 1.03 bits per heavy atom. The topological polar surface area (TPSA) is 98.8 Å². The minimum absolute atomic E-state index is 0.0546. The zero-order chi connectivity index (χ0) is 25.2. The van der Waals surface area contributed by atoms with Crippen molar-refractivity contribution < 1.29 is 9.18 Å². The number of carbonyl (C=O) groups excluding carboxylic acids is 1. The number of amides is 2. The number of aromatic amines is 1. The second kappa shape index (κ2) is 10.2. The molecular weight excluding hydrogens is 469 g/mol. The van der Waals surface area contributed by atoms with Crippen molar-refractivity contribution in [2.24, 2.45) is 0 Å². The number of hydrogen-bond acceptors (Lipinski definition) is 5. The monoisotopic (exact) mass is 499 g/mol. The molecule has 2 atom stereocenters. The van der Waals surface area contributed by atoms with Gasteiger partial charge in [-0.3, -0.25) is 0 Å². The van der Waals surface area contributed by atoms with E-state index in [0.29, 0.717) is 28.2 Å². The molecule has 4 heterocycles. The van der Waals surface area contributed by atoms with Crippen LogP contribution in [0.15, 0.2) is 54.9 Å². The van der Waals surface area contributed by atoms with Gasteiger partial charge in [0.15, 0.2) is 5.82 Å². The molecule has 8 nitrogen and oxygen atoms in total. The van der Waals surface area contributed by atoms with Crippen molar-refractivity contribution in [3.63, 3.8) is 0 Å². The molecule has 0 bridgehead atoms. The van der Waals surface area contributed by atoms with E-state index in [2.05, 4.69) is 20.6 Å². The lowest BCUT2D eigenvalue weighted by Gasteiger charge is -2.32. The maximum Gasteiger partial charge on any atom is 0.317 e. The number of likely N-dealkylation sites (tertiary alicyclic amines) is 1. The van der Waals surface area contributed by atoms with E-state index in [9.17, 15) is 9.18 Å². The second-order valence-corrected chi connectivity index (χ2v) is 9.93. The van der Waals surface area contributed by atoms with Gasteiger partial charge in [0, 0.05) is 53.9 Å². The smallest absolute Gasteiger partial charge is 0.317 e. The molecule has 1 aliphatic carbocycles. The van der Waals surface area contributed by atoms with Crippen molar-refractivity contribution in [2.45, 2.75) is 50.6 Å². The highest BCUT2D eigenvalue weighted by molar-refractivity contribution is 5.92. The summed E-state index contributed by atoms with van der Waals surface area (Å²) < 4.78 is 14.0. The van der Waals surface area contributed by atoms with Crippen LogP contribution in [0.25, 0.3) is 33.7 Å². The predicted molar refractivity (Wildman–Crippen MR) is 142 cm³/mol. The number of pyridine rings is 1. The Labute approximate surface area is 214 Å². The number of benzene rings is 1. The van der Waals surface area contributed by atoms with Gasteiger partial charge >= 0.3 is 6.03 Å². The van der Waals surface area contributed by atoms with Gasteiger partial charge in [-0.05, 0) is 44.6 Å². The lowest BCUT2D eigenvalue weighted by molar-refractivity contribution is 0.200. The molecule has 37 heavy (non-hydrogen) atoms. The number of fused-ring (bicyclic) bond motifs is 1. The Balaban J connectivity index is 1.28. The molecule has 2 aliphatic rings. The number of nitrogens with zero attached hydrogens (tertiary/aromatic N) is 4. The average Bonchev–Trinajstić information content (AvgIpc) is 3.60. The third-order valence-corrected chi connectivity index (χ3v) is 7.28. The van der Waals surface area contributed by atoms with Crippen molar-refractivity contribution in [1.29, 1.82) is 0 Å². The zero-order valence-corrected chi connectivity index (χ0v) is 20.6. The Bertz CT molecular complexity index is 1400. The molecule has 9 heteroatoms. The molecule has 190 valence electrons. The number of anilines is 1. The van der Waals surface area contributed by atoms with E-state index < -0.39 is 5.82 Å². The number of H-pyrrole nitrogens is 1. The fourth-order valence-electron chi connectivity index (χ4n) is 5.41. The zero-order valence-electron chi connectivity index (χ0n) is 20.6. The van der Waals surface area contributed by atoms with E-state index in [0.717, 1.165) is 62.9 Å². The van der Waals surface area contributed by atoms with Crippen molar-refractivity contribution in [2.75, 3.05) is 18.4 Å². The first-order valence-electron chi connectivity index (χ1n) is 13.0. The minimum atomic E-state index is -0.407. The quantitative estimate of drug-likeness (QED) is 0.344. The van der Waals surface area contributed by atoms with Crippen LogP contribution in [0.3, 0.4) is 0 Å². The van der Waals surface area contributed by atoms with Gasteiger partial charge < -0.3 is 20.5 Å². The van der Waals surface area contributed by atoms with E-state index in [1.165, 1.54) is 12.3 Å². The molecular formula is C28H30FN7O. The van der Waals surface area contributed by atoms with Crippen molar-refractivity contribution >= 4 is 22.9 Å². The first-order valence-corrected chi connectivity index (χ1v) is 13.0. The van der Waals surface area contributed by atoms with Gasteiger partial charge in [-0.1, -0.05) is 30.3 Å². The van der Waals surface area contributed by atoms with E-state index in [1.54, 1.807) is 6.20 Å². The molecule has 1 saturated carbocycles. The van der Waals surface area contributed by atoms with Gasteiger partial charge in [-0.15, -0.1) is 0 Å². The highest BCUT2D eigenvalue weighted by Crippen LogP contribution is 2.30. The van der Waals surface area contributed by atoms with Crippen LogP contribution >= 0.6 is 0 Å². The number of halogens is 1. The van der Waals surface area contributed by atoms with Gasteiger partial charge in [0.25, 0.3) is 0 Å². The SMILES string of the molecule is O=C(N[C@H]1CCC[C@@H](Nc2cc(-c3ccccc3)nc(-c3c[nH]c4ncc(F)cc34)n2)C1)N1CCCC1. The molecule has 6 rings (SSSR count). The summed E-state index contributed by atoms with van der Waals surface area (Å²) in [5.41, 5.74) is 3.03. The van der Waals surface area contributed by atoms with Crippen LogP contribution < -0.4 is 10.6 Å². The van der Waals surface area contributed by atoms with Crippen LogP contribution in [0.2, 0.25) is 0 Å². The highest BCUT2D eigenvalue weighted by atomic mass is 19.1. The molecule has 1 aliphatic heterocycles. The third kappa shape index (κ3) is 5.12. The van der Waals surface area contributed by atoms with Crippen LogP contribution in [-0.4, -0.2) is 56.0 Å². The van der Waals surface area contributed by atoms with Crippen molar-refractivity contribution in [3.8, 4) is 22.6 Å². The largest absolute Gasteiger partial charge is 0.367 e. The van der Waals surface area contributed by atoms with Crippen LogP contribution in [-0.2, 0) is 0 Å². The third-order valence-electron chi connectivity index (χ3n) is 7.28. The Morgan fingerprint density at radius 2 is 1.84 bits per heavy atom. The van der Waals surface area contributed by atoms with Crippen molar-refractivity contribution in [1.82, 2.24) is 30.2 Å². The minimum Gasteiger partial charge on any atom is -0.367 e. The Kier molecular flexibility index (Phi) is 6.42. The van der Waals surface area contributed by atoms with E-state index in [4.69, 9.17) is 9.97 Å². The summed E-state index contributed by atoms with van der Waals surface area (Å²) >= 11 is 0. The van der Waals surface area contributed by atoms with Gasteiger partial charge in [0.2, 0.25) is 0 Å². The molecule has 0 unspecified atom stereocenters. The molecule has 0 spiro atoms. The van der Waals surface area contributed by atoms with Gasteiger partial charge in [-0.25, -0.2) is 24.1 Å². The summed E-state index contributed by atoms with van der Waals surface area (Å²) in [7, 11) is 0. The molecule has 4 aromatic rings. The highest BCUT2D eigenvalue weighted by Gasteiger charge is 2.26. The molecule has 1 saturated heterocycles. The van der Waals surface area contributed by atoms with Crippen LogP contribution in [0.4, 0.5) is 15.0 Å². The predicted octanol–water partition coefficient (Wildman–Crippen LogP) is 5.35. The van der Waals surface area contributed by atoms with E-state index in [1.807, 2.05) is 41.3 Å². The lowest BCUT2D eigenvalue weighted by atomic mass is 9.91.